The third-order valence-electron chi connectivity index (χ3n) is 2.59. The Morgan fingerprint density at radius 1 is 1.55 bits per heavy atom. The third kappa shape index (κ3) is 2.21. The summed E-state index contributed by atoms with van der Waals surface area (Å²) in [5.41, 5.74) is 6.09. The van der Waals surface area contributed by atoms with Crippen LogP contribution in [0.25, 0.3) is 0 Å². The average Bonchev–Trinajstić information content (AvgIpc) is 1.96. The molecular weight excluding hydrogens is 136 g/mol. The fourth-order valence-corrected chi connectivity index (χ4v) is 1.34. The molecule has 2 heteroatoms. The highest BCUT2D eigenvalue weighted by atomic mass is 14.9. The SMILES string of the molecule is CCC(N)=NCC1(C)CCC1. The zero-order valence-corrected chi connectivity index (χ0v) is 7.56. The minimum Gasteiger partial charge on any atom is -0.387 e. The van der Waals surface area contributed by atoms with E-state index in [-0.39, 0.29) is 0 Å². The van der Waals surface area contributed by atoms with E-state index in [1.807, 2.05) is 6.92 Å². The van der Waals surface area contributed by atoms with Crippen LogP contribution in [0.15, 0.2) is 4.99 Å². The predicted molar refractivity (Wildman–Crippen MR) is 48.7 cm³/mol. The summed E-state index contributed by atoms with van der Waals surface area (Å²) in [7, 11) is 0. The van der Waals surface area contributed by atoms with E-state index in [1.165, 1.54) is 19.3 Å². The molecule has 1 aliphatic rings. The van der Waals surface area contributed by atoms with Crippen LogP contribution in [0.1, 0.15) is 39.5 Å². The van der Waals surface area contributed by atoms with Crippen LogP contribution in [0.5, 0.6) is 0 Å². The largest absolute Gasteiger partial charge is 0.387 e. The highest BCUT2D eigenvalue weighted by molar-refractivity contribution is 5.79. The summed E-state index contributed by atoms with van der Waals surface area (Å²) in [6.45, 7) is 5.28. The van der Waals surface area contributed by atoms with Gasteiger partial charge >= 0.3 is 0 Å². The Kier molecular flexibility index (Phi) is 2.53. The number of aliphatic imine (C=N–C) groups is 1. The van der Waals surface area contributed by atoms with E-state index < -0.39 is 0 Å². The minimum absolute atomic E-state index is 0.486. The van der Waals surface area contributed by atoms with Gasteiger partial charge in [0, 0.05) is 13.0 Å². The van der Waals surface area contributed by atoms with Gasteiger partial charge in [0.15, 0.2) is 0 Å². The smallest absolute Gasteiger partial charge is 0.0934 e. The van der Waals surface area contributed by atoms with Crippen molar-refractivity contribution in [2.45, 2.75) is 39.5 Å². The maximum Gasteiger partial charge on any atom is 0.0934 e. The maximum absolute atomic E-state index is 5.61. The van der Waals surface area contributed by atoms with Crippen LogP contribution in [0, 0.1) is 5.41 Å². The molecule has 11 heavy (non-hydrogen) atoms. The first-order valence-electron chi connectivity index (χ1n) is 4.45. The predicted octanol–water partition coefficient (Wildman–Crippen LogP) is 1.94. The van der Waals surface area contributed by atoms with Gasteiger partial charge in [0.2, 0.25) is 0 Å². The molecule has 0 aromatic carbocycles. The Bertz CT molecular complexity index is 157. The van der Waals surface area contributed by atoms with Crippen molar-refractivity contribution in [3.05, 3.63) is 0 Å². The molecule has 2 nitrogen and oxygen atoms in total. The number of nitrogens with zero attached hydrogens (tertiary/aromatic N) is 1. The molecule has 1 aliphatic carbocycles. The van der Waals surface area contributed by atoms with Crippen LogP contribution >= 0.6 is 0 Å². The molecule has 0 saturated heterocycles. The Morgan fingerprint density at radius 2 is 2.18 bits per heavy atom. The number of nitrogens with two attached hydrogens (primary N) is 1. The second-order valence-corrected chi connectivity index (χ2v) is 3.83. The fraction of sp³-hybridized carbons (Fsp3) is 0.889. The molecule has 64 valence electrons. The summed E-state index contributed by atoms with van der Waals surface area (Å²) in [5.74, 6) is 0.804. The molecule has 0 bridgehead atoms. The normalized spacial score (nSPS) is 22.9. The second kappa shape index (κ2) is 3.24. The molecule has 0 aliphatic heterocycles. The standard InChI is InChI=1S/C9H18N2/c1-3-8(10)11-7-9(2)5-4-6-9/h3-7H2,1-2H3,(H2,10,11). The van der Waals surface area contributed by atoms with Gasteiger partial charge in [-0.1, -0.05) is 20.3 Å². The number of amidine groups is 1. The van der Waals surface area contributed by atoms with Crippen molar-refractivity contribution < 1.29 is 0 Å². The van der Waals surface area contributed by atoms with Crippen molar-refractivity contribution in [2.75, 3.05) is 6.54 Å². The Balaban J connectivity index is 2.30. The van der Waals surface area contributed by atoms with Gasteiger partial charge in [-0.2, -0.15) is 0 Å². The van der Waals surface area contributed by atoms with Crippen molar-refractivity contribution in [1.82, 2.24) is 0 Å². The summed E-state index contributed by atoms with van der Waals surface area (Å²) >= 11 is 0. The lowest BCUT2D eigenvalue weighted by atomic mass is 9.70. The topological polar surface area (TPSA) is 38.4 Å². The van der Waals surface area contributed by atoms with Crippen LogP contribution in [0.4, 0.5) is 0 Å². The Labute approximate surface area is 68.9 Å². The van der Waals surface area contributed by atoms with E-state index in [0.717, 1.165) is 18.8 Å². The molecule has 1 saturated carbocycles. The van der Waals surface area contributed by atoms with Gasteiger partial charge in [-0.05, 0) is 18.3 Å². The quantitative estimate of drug-likeness (QED) is 0.489. The molecular formula is C9H18N2. The molecule has 1 rings (SSSR count). The molecule has 1 fully saturated rings. The molecule has 0 amide bonds. The van der Waals surface area contributed by atoms with Crippen LogP contribution in [0.2, 0.25) is 0 Å². The van der Waals surface area contributed by atoms with Crippen molar-refractivity contribution in [2.24, 2.45) is 16.1 Å². The molecule has 2 N–H and O–H groups in total. The van der Waals surface area contributed by atoms with Crippen LogP contribution in [-0.4, -0.2) is 12.4 Å². The molecule has 0 unspecified atom stereocenters. The van der Waals surface area contributed by atoms with Crippen molar-refractivity contribution in [3.8, 4) is 0 Å². The summed E-state index contributed by atoms with van der Waals surface area (Å²) in [4.78, 5) is 4.33. The van der Waals surface area contributed by atoms with Gasteiger partial charge < -0.3 is 5.73 Å². The van der Waals surface area contributed by atoms with E-state index >= 15 is 0 Å². The molecule has 0 spiro atoms. The summed E-state index contributed by atoms with van der Waals surface area (Å²) in [6.07, 6.45) is 4.91. The van der Waals surface area contributed by atoms with E-state index in [1.54, 1.807) is 0 Å². The first-order chi connectivity index (χ1) is 5.16. The summed E-state index contributed by atoms with van der Waals surface area (Å²) in [6, 6.07) is 0. The minimum atomic E-state index is 0.486. The fourth-order valence-electron chi connectivity index (χ4n) is 1.34. The van der Waals surface area contributed by atoms with E-state index in [4.69, 9.17) is 5.73 Å². The van der Waals surface area contributed by atoms with E-state index in [9.17, 15) is 0 Å². The first kappa shape index (κ1) is 8.57. The molecule has 0 heterocycles. The van der Waals surface area contributed by atoms with Crippen molar-refractivity contribution >= 4 is 5.84 Å². The number of hydrogen-bond acceptors (Lipinski definition) is 1. The Hall–Kier alpha value is -0.530. The third-order valence-corrected chi connectivity index (χ3v) is 2.59. The highest BCUT2D eigenvalue weighted by Gasteiger charge is 2.31. The highest BCUT2D eigenvalue weighted by Crippen LogP contribution is 2.40. The van der Waals surface area contributed by atoms with Crippen LogP contribution < -0.4 is 5.73 Å². The van der Waals surface area contributed by atoms with E-state index in [0.29, 0.717) is 5.41 Å². The molecule has 0 atom stereocenters. The maximum atomic E-state index is 5.61. The van der Waals surface area contributed by atoms with Gasteiger partial charge in [-0.3, -0.25) is 4.99 Å². The number of hydrogen-bond donors (Lipinski definition) is 1. The lowest BCUT2D eigenvalue weighted by Crippen LogP contribution is -2.29. The van der Waals surface area contributed by atoms with Gasteiger partial charge in [0.05, 0.1) is 5.84 Å². The lowest BCUT2D eigenvalue weighted by Gasteiger charge is -2.36. The van der Waals surface area contributed by atoms with Crippen LogP contribution in [-0.2, 0) is 0 Å². The molecule has 0 aromatic heterocycles. The summed E-state index contributed by atoms with van der Waals surface area (Å²) < 4.78 is 0. The second-order valence-electron chi connectivity index (χ2n) is 3.83. The molecule has 0 aromatic rings. The van der Waals surface area contributed by atoms with Gasteiger partial charge in [-0.15, -0.1) is 0 Å². The average molecular weight is 154 g/mol. The molecule has 0 radical (unpaired) electrons. The van der Waals surface area contributed by atoms with Crippen LogP contribution in [0.3, 0.4) is 0 Å². The first-order valence-corrected chi connectivity index (χ1v) is 4.45. The number of rotatable bonds is 3. The monoisotopic (exact) mass is 154 g/mol. The zero-order chi connectivity index (χ0) is 8.32. The lowest BCUT2D eigenvalue weighted by molar-refractivity contribution is 0.174. The summed E-state index contributed by atoms with van der Waals surface area (Å²) in [5, 5.41) is 0. The van der Waals surface area contributed by atoms with Gasteiger partial charge in [0.25, 0.3) is 0 Å². The van der Waals surface area contributed by atoms with Crippen molar-refractivity contribution in [1.29, 1.82) is 0 Å². The van der Waals surface area contributed by atoms with E-state index in [2.05, 4.69) is 11.9 Å². The zero-order valence-electron chi connectivity index (χ0n) is 7.56. The van der Waals surface area contributed by atoms with Gasteiger partial charge in [-0.25, -0.2) is 0 Å². The van der Waals surface area contributed by atoms with Gasteiger partial charge in [0.1, 0.15) is 0 Å². The van der Waals surface area contributed by atoms with Crippen molar-refractivity contribution in [3.63, 3.8) is 0 Å². The Morgan fingerprint density at radius 3 is 2.55 bits per heavy atom.